The Morgan fingerprint density at radius 1 is 0.292 bits per heavy atom. The molecule has 0 spiro atoms. The second-order valence-corrected chi connectivity index (χ2v) is 26.9. The van der Waals surface area contributed by atoms with Crippen LogP contribution < -0.4 is 14.9 Å². The molecule has 0 radical (unpaired) electrons. The summed E-state index contributed by atoms with van der Waals surface area (Å²) in [5.74, 6) is 3.58. The van der Waals surface area contributed by atoms with E-state index in [1.54, 1.807) is 0 Å². The van der Waals surface area contributed by atoms with Crippen LogP contribution in [0.5, 0.6) is 23.0 Å². The number of benzene rings is 14. The lowest BCUT2D eigenvalue weighted by atomic mass is 9.75. The average Bonchev–Trinajstić information content (AvgIpc) is 1.73. The molecular formula is C88H156BBrN2O4. The van der Waals surface area contributed by atoms with Gasteiger partial charge in [-0.05, 0) is 182 Å². The van der Waals surface area contributed by atoms with Crippen LogP contribution in [0.2, 0.25) is 0 Å². The van der Waals surface area contributed by atoms with Crippen LogP contribution in [0.25, 0.3) is 143 Å². The molecular weight excluding hydrogens is 1240 g/mol. The Morgan fingerprint density at radius 2 is 0.646 bits per heavy atom. The van der Waals surface area contributed by atoms with E-state index in [4.69, 9.17) is 28.8 Å². The number of halogens is 1. The van der Waals surface area contributed by atoms with Crippen molar-refractivity contribution in [1.82, 2.24) is 9.97 Å². The first-order valence-corrected chi connectivity index (χ1v) is 33.4. The summed E-state index contributed by atoms with van der Waals surface area (Å²) in [5.41, 5.74) is 15.6. The molecule has 19 rings (SSSR count). The highest BCUT2D eigenvalue weighted by molar-refractivity contribution is 9.10. The van der Waals surface area contributed by atoms with E-state index in [0.29, 0.717) is 0 Å². The molecule has 0 N–H and O–H groups in total. The van der Waals surface area contributed by atoms with Gasteiger partial charge in [-0.1, -0.05) is 246 Å². The van der Waals surface area contributed by atoms with E-state index in [2.05, 4.69) is 311 Å². The standard InChI is InChI=1S/C41H25NO.C25H16BrN.C22H21BO3.47H2/c1-3-10-28-22-30(18-16-26(28)8-1)37-24-32(25-38(42-37)31-19-17-27-9-2-4-11-29(27)23-31)33-20-21-40-41-35(33)13-7-14-36(41)34-12-5-6-15-39(34)43-40;26-23-15-24(21-11-9-17-5-1-3-7-19(17)13-21)27-25(16-23)22-12-10-18-6-2-4-8-20(18)14-22;1-21(2)22(3,4)26-23(25-21)17-12-13-19-20-15(9-7-10-16(17)20)14-8-5-6-11-18(14)24-19;;;;;;;;;;;;;;;;;;;;;;;;;;;;;;;;;;;;;;;;;;;;;;;/h1-25H;1-16H;5-13H,1-4H3;47*1H. The average molecular weight is 1400 g/mol. The third kappa shape index (κ3) is 10.7. The van der Waals surface area contributed by atoms with Crippen LogP contribution in [0.3, 0.4) is 0 Å². The van der Waals surface area contributed by atoms with E-state index >= 15 is 0 Å². The Hall–Kier alpha value is -11.0. The number of nitrogens with zero attached hydrogens (tertiary/aromatic N) is 2. The quantitative estimate of drug-likeness (QED) is 0.155. The zero-order valence-electron chi connectivity index (χ0n) is 53.4. The van der Waals surface area contributed by atoms with Crippen molar-refractivity contribution in [2.75, 3.05) is 0 Å². The van der Waals surface area contributed by atoms with Crippen LogP contribution in [0.1, 0.15) is 94.7 Å². The van der Waals surface area contributed by atoms with Crippen molar-refractivity contribution in [1.29, 1.82) is 0 Å². The van der Waals surface area contributed by atoms with Crippen molar-refractivity contribution in [3.05, 3.63) is 308 Å². The van der Waals surface area contributed by atoms with Gasteiger partial charge >= 0.3 is 7.12 Å². The van der Waals surface area contributed by atoms with Gasteiger partial charge in [-0.2, -0.15) is 0 Å². The molecule has 0 saturated carbocycles. The smallest absolute Gasteiger partial charge is 0.456 e. The third-order valence-electron chi connectivity index (χ3n) is 19.4. The van der Waals surface area contributed by atoms with Crippen molar-refractivity contribution in [3.63, 3.8) is 0 Å². The van der Waals surface area contributed by atoms with Gasteiger partial charge in [0.2, 0.25) is 0 Å². The van der Waals surface area contributed by atoms with E-state index < -0.39 is 0 Å². The molecule has 16 aromatic rings. The maximum absolute atomic E-state index is 6.40. The summed E-state index contributed by atoms with van der Waals surface area (Å²) >= 11 is 3.67. The van der Waals surface area contributed by atoms with Crippen LogP contribution in [0.15, 0.2) is 308 Å². The molecule has 8 heteroatoms. The highest BCUT2D eigenvalue weighted by Crippen LogP contribution is 2.50. The SMILES string of the molecule is Brc1cc(-c2ccc3ccccc3c2)nc(-c2ccc3ccccc3c2)c1.CC1(C)OB(c2ccc3c4c(cccc24)-c2ccccc2O3)OC1(C)C.[HH].[HH].[HH].[HH].[HH].[HH].[HH].[HH].[HH].[HH].[HH].[HH].[HH].[HH].[HH].[HH].[HH].[HH].[HH].[HH].[HH].[HH].[HH].[HH].[HH].[HH].[HH].[HH].[HH].[HH].[HH].[HH].[HH].[HH].[HH].[HH].[HH].[HH].[HH].[HH].[HH].[HH].[HH].[HH].[HH].[HH].[HH].c1ccc2c(c1)Oc1ccc(-c3cc(-c4ccc5ccccc5c4)nc(-c4ccc5ccccc5c4)c3)c3cccc-2c13. The maximum Gasteiger partial charge on any atom is 0.495 e. The van der Waals surface area contributed by atoms with Crippen LogP contribution in [-0.2, 0) is 9.31 Å². The molecule has 96 heavy (non-hydrogen) atoms. The van der Waals surface area contributed by atoms with E-state index in [-0.39, 0.29) is 85.4 Å². The minimum Gasteiger partial charge on any atom is -0.456 e. The third-order valence-corrected chi connectivity index (χ3v) is 19.9. The lowest BCUT2D eigenvalue weighted by molar-refractivity contribution is 0.00578. The zero-order valence-corrected chi connectivity index (χ0v) is 54.9. The fourth-order valence-electron chi connectivity index (χ4n) is 13.8. The largest absolute Gasteiger partial charge is 0.495 e. The van der Waals surface area contributed by atoms with Gasteiger partial charge in [0.15, 0.2) is 0 Å². The van der Waals surface area contributed by atoms with Gasteiger partial charge in [0.1, 0.15) is 23.0 Å². The topological polar surface area (TPSA) is 62.7 Å². The first kappa shape index (κ1) is 58.8. The Bertz CT molecular complexity index is 5720. The molecule has 3 aliphatic heterocycles. The van der Waals surface area contributed by atoms with Gasteiger partial charge in [0.05, 0.1) is 34.0 Å². The van der Waals surface area contributed by atoms with Gasteiger partial charge < -0.3 is 18.8 Å². The van der Waals surface area contributed by atoms with Crippen LogP contribution in [0, 0.1) is 0 Å². The summed E-state index contributed by atoms with van der Waals surface area (Å²) < 4.78 is 26.2. The number of fused-ring (bicyclic) bond motifs is 8. The van der Waals surface area contributed by atoms with E-state index in [0.717, 1.165) is 116 Å². The number of para-hydroxylation sites is 2. The van der Waals surface area contributed by atoms with Gasteiger partial charge in [-0.3, -0.25) is 0 Å². The minimum absolute atomic E-state index is 0. The van der Waals surface area contributed by atoms with Gasteiger partial charge in [0.25, 0.3) is 0 Å². The second-order valence-electron chi connectivity index (χ2n) is 25.9. The van der Waals surface area contributed by atoms with E-state index in [1.807, 2.05) is 36.4 Å². The number of hydrogen-bond donors (Lipinski definition) is 0. The number of aromatic nitrogens is 2. The van der Waals surface area contributed by atoms with E-state index in [9.17, 15) is 0 Å². The molecule has 6 nitrogen and oxygen atoms in total. The predicted octanol–water partition coefficient (Wildman–Crippen LogP) is 35.3. The van der Waals surface area contributed by atoms with Crippen LogP contribution in [-0.4, -0.2) is 28.3 Å². The molecule has 1 saturated heterocycles. The predicted molar refractivity (Wildman–Crippen MR) is 501 cm³/mol. The van der Waals surface area contributed by atoms with Gasteiger partial charge in [-0.25, -0.2) is 9.97 Å². The normalized spacial score (nSPS) is 13.7. The minimum atomic E-state index is -0.388. The van der Waals surface area contributed by atoms with Gasteiger partial charge in [-0.15, -0.1) is 0 Å². The molecule has 0 aliphatic carbocycles. The summed E-state index contributed by atoms with van der Waals surface area (Å²) in [4.78, 5) is 10.2. The molecule has 0 unspecified atom stereocenters. The Kier molecular flexibility index (Phi) is 14.6. The second kappa shape index (κ2) is 23.8. The van der Waals surface area contributed by atoms with Crippen molar-refractivity contribution in [2.24, 2.45) is 0 Å². The molecule has 5 heterocycles. The number of ether oxygens (including phenoxy) is 2. The van der Waals surface area contributed by atoms with Crippen molar-refractivity contribution in [2.45, 2.75) is 38.9 Å². The Morgan fingerprint density at radius 3 is 1.08 bits per heavy atom. The zero-order chi connectivity index (χ0) is 64.7. The first-order chi connectivity index (χ1) is 46.9. The lowest BCUT2D eigenvalue weighted by Gasteiger charge is -2.32. The Balaban J connectivity index is -0.0000000399. The van der Waals surface area contributed by atoms with E-state index in [1.165, 1.54) is 59.6 Å². The van der Waals surface area contributed by atoms with Crippen molar-refractivity contribution < 1.29 is 85.8 Å². The fourth-order valence-corrected chi connectivity index (χ4v) is 14.2. The maximum atomic E-state index is 6.40. The number of pyridine rings is 2. The first-order valence-electron chi connectivity index (χ1n) is 32.6. The van der Waals surface area contributed by atoms with Crippen LogP contribution >= 0.6 is 15.9 Å². The molecule has 1 fully saturated rings. The summed E-state index contributed by atoms with van der Waals surface area (Å²) in [5, 5.41) is 14.4. The molecule has 0 amide bonds. The monoisotopic (exact) mass is 1400 g/mol. The summed E-state index contributed by atoms with van der Waals surface area (Å²) in [7, 11) is -0.388. The fraction of sp³-hybridized carbons (Fsp3) is 0.0682. The molecule has 552 valence electrons. The molecule has 2 aromatic heterocycles. The van der Waals surface area contributed by atoms with Gasteiger partial charge in [0, 0.05) is 116 Å². The molecule has 14 aromatic carbocycles. The summed E-state index contributed by atoms with van der Waals surface area (Å²) in [6.07, 6.45) is 0. The lowest BCUT2D eigenvalue weighted by Crippen LogP contribution is -2.41. The number of rotatable bonds is 6. The van der Waals surface area contributed by atoms with Crippen LogP contribution in [0.4, 0.5) is 0 Å². The summed E-state index contributed by atoms with van der Waals surface area (Å²) in [6, 6.07) is 106. The Labute approximate surface area is 636 Å². The highest BCUT2D eigenvalue weighted by Gasteiger charge is 2.52. The highest BCUT2D eigenvalue weighted by atomic mass is 79.9. The molecule has 0 atom stereocenters. The van der Waals surface area contributed by atoms with Crippen molar-refractivity contribution >= 4 is 93.1 Å². The number of hydrogen-bond acceptors (Lipinski definition) is 6. The molecule has 0 bridgehead atoms. The summed E-state index contributed by atoms with van der Waals surface area (Å²) in [6.45, 7) is 8.32. The molecule has 3 aliphatic rings. The van der Waals surface area contributed by atoms with Crippen molar-refractivity contribution in [3.8, 4) is 101 Å².